The maximum atomic E-state index is 10.1. The van der Waals surface area contributed by atoms with E-state index >= 15 is 0 Å². The molecule has 0 saturated heterocycles. The first kappa shape index (κ1) is 30.2. The number of hydrogen-bond acceptors (Lipinski definition) is 9. The minimum absolute atomic E-state index is 0.519. The van der Waals surface area contributed by atoms with Gasteiger partial charge in [0.2, 0.25) is 11.8 Å². The number of nitrogen functional groups attached to an aromatic ring is 1. The summed E-state index contributed by atoms with van der Waals surface area (Å²) in [7, 11) is 3.14. The van der Waals surface area contributed by atoms with Crippen molar-refractivity contribution in [2.75, 3.05) is 25.3 Å². The van der Waals surface area contributed by atoms with Crippen LogP contribution >= 0.6 is 45.2 Å². The second-order valence-electron chi connectivity index (χ2n) is 7.38. The number of hydrogen-bond donors (Lipinski definition) is 2. The van der Waals surface area contributed by atoms with Crippen LogP contribution in [0.25, 0.3) is 0 Å². The van der Waals surface area contributed by atoms with Gasteiger partial charge in [0, 0.05) is 43.8 Å². The fourth-order valence-corrected chi connectivity index (χ4v) is 3.22. The fourth-order valence-electron chi connectivity index (χ4n) is 2.62. The number of methoxy groups -OCH3 is 2. The second kappa shape index (κ2) is 15.9. The average Bonchev–Trinajstić information content (AvgIpc) is 2.92. The van der Waals surface area contributed by atoms with Crippen molar-refractivity contribution in [1.82, 2.24) is 19.9 Å². The van der Waals surface area contributed by atoms with Crippen LogP contribution in [-0.2, 0) is 6.54 Å². The van der Waals surface area contributed by atoms with Crippen molar-refractivity contribution < 1.29 is 14.3 Å². The predicted octanol–water partition coefficient (Wildman–Crippen LogP) is 5.49. The number of rotatable bonds is 6. The Balaban J connectivity index is 0.000000214. The largest absolute Gasteiger partial charge is 0.481 e. The first-order chi connectivity index (χ1) is 17.7. The summed E-state index contributed by atoms with van der Waals surface area (Å²) in [4.78, 5) is 26.6. The smallest absolute Gasteiger partial charge is 0.212 e. The monoisotopic (exact) mass is 726 g/mol. The number of aryl methyl sites for hydroxylation is 2. The van der Waals surface area contributed by atoms with Crippen molar-refractivity contribution in [1.29, 1.82) is 0 Å². The third-order valence-electron chi connectivity index (χ3n) is 4.65. The quantitative estimate of drug-likeness (QED) is 0.196. The van der Waals surface area contributed by atoms with Crippen LogP contribution in [0.5, 0.6) is 11.8 Å². The standard InChI is InChI=1S/C13H14IN3O.C7H7NO2.C6H7IN2/c1-9-11(14)4-5-12(17-9)15-7-10-3-6-13(18-2)16-8-10;1-10-7-3-2-6(5-9)4-8-7;1-4-5(7)2-3-6(8)9-4/h3-6,8H,7H2,1-2H3,(H,15,17);2-5H,1H3;2-3H,1H3,(H2,8,9). The van der Waals surface area contributed by atoms with Crippen LogP contribution in [0.4, 0.5) is 11.6 Å². The van der Waals surface area contributed by atoms with Gasteiger partial charge >= 0.3 is 0 Å². The normalized spacial score (nSPS) is 9.68. The lowest BCUT2D eigenvalue weighted by molar-refractivity contribution is 0.112. The van der Waals surface area contributed by atoms with Crippen LogP contribution in [0.2, 0.25) is 0 Å². The fraction of sp³-hybridized carbons (Fsp3) is 0.192. The molecule has 4 heterocycles. The van der Waals surface area contributed by atoms with E-state index in [0.717, 1.165) is 32.6 Å². The van der Waals surface area contributed by atoms with Gasteiger partial charge in [-0.1, -0.05) is 6.07 Å². The SMILES string of the molecule is COc1ccc(C=O)cn1.COc1ccc(CNc2ccc(I)c(C)n2)cn1.Cc1nc(N)ccc1I. The van der Waals surface area contributed by atoms with Gasteiger partial charge in [0.1, 0.15) is 11.6 Å². The van der Waals surface area contributed by atoms with Gasteiger partial charge in [0.25, 0.3) is 0 Å². The van der Waals surface area contributed by atoms with Gasteiger partial charge in [-0.2, -0.15) is 0 Å². The lowest BCUT2D eigenvalue weighted by Gasteiger charge is -2.07. The molecule has 11 heteroatoms. The number of ether oxygens (including phenoxy) is 2. The molecule has 4 rings (SSSR count). The zero-order chi connectivity index (χ0) is 27.2. The van der Waals surface area contributed by atoms with Gasteiger partial charge in [-0.05, 0) is 94.9 Å². The summed E-state index contributed by atoms with van der Waals surface area (Å²) in [6.45, 7) is 4.64. The minimum Gasteiger partial charge on any atom is -0.481 e. The molecule has 0 fully saturated rings. The summed E-state index contributed by atoms with van der Waals surface area (Å²) in [5, 5.41) is 3.27. The molecule has 0 aromatic carbocycles. The van der Waals surface area contributed by atoms with Gasteiger partial charge in [-0.3, -0.25) is 4.79 Å². The summed E-state index contributed by atoms with van der Waals surface area (Å²) in [5.41, 5.74) is 9.09. The molecule has 9 nitrogen and oxygen atoms in total. The van der Waals surface area contributed by atoms with Crippen molar-refractivity contribution in [3.63, 3.8) is 0 Å². The van der Waals surface area contributed by atoms with E-state index in [9.17, 15) is 4.79 Å². The molecular weight excluding hydrogens is 698 g/mol. The van der Waals surface area contributed by atoms with E-state index in [-0.39, 0.29) is 0 Å². The van der Waals surface area contributed by atoms with Crippen LogP contribution in [0, 0.1) is 21.0 Å². The second-order valence-corrected chi connectivity index (χ2v) is 9.71. The molecule has 0 amide bonds. The molecule has 0 aliphatic carbocycles. The number of carbonyl (C=O) groups is 1. The number of anilines is 2. The highest BCUT2D eigenvalue weighted by atomic mass is 127. The maximum Gasteiger partial charge on any atom is 0.212 e. The number of aldehydes is 1. The molecular formula is C26H28I2N6O3. The van der Waals surface area contributed by atoms with Crippen molar-refractivity contribution in [3.8, 4) is 11.8 Å². The number of halogens is 2. The molecule has 4 aromatic rings. The first-order valence-corrected chi connectivity index (χ1v) is 13.1. The Labute approximate surface area is 243 Å². The molecule has 194 valence electrons. The topological polar surface area (TPSA) is 125 Å². The minimum atomic E-state index is 0.519. The number of nitrogens with one attached hydrogen (secondary N) is 1. The predicted molar refractivity (Wildman–Crippen MR) is 162 cm³/mol. The van der Waals surface area contributed by atoms with Crippen molar-refractivity contribution in [3.05, 3.63) is 90.6 Å². The average molecular weight is 726 g/mol. The van der Waals surface area contributed by atoms with Gasteiger partial charge in [0.05, 0.1) is 25.6 Å². The van der Waals surface area contributed by atoms with Crippen molar-refractivity contribution in [2.45, 2.75) is 20.4 Å². The van der Waals surface area contributed by atoms with E-state index in [1.807, 2.05) is 38.1 Å². The van der Waals surface area contributed by atoms with Crippen LogP contribution in [0.3, 0.4) is 0 Å². The van der Waals surface area contributed by atoms with Gasteiger partial charge in [-0.15, -0.1) is 0 Å². The highest BCUT2D eigenvalue weighted by Gasteiger charge is 2.00. The lowest BCUT2D eigenvalue weighted by Crippen LogP contribution is -2.03. The molecule has 0 aliphatic heterocycles. The Hall–Kier alpha value is -3.07. The Bertz CT molecular complexity index is 1270. The van der Waals surface area contributed by atoms with Gasteiger partial charge in [-0.25, -0.2) is 19.9 Å². The highest BCUT2D eigenvalue weighted by molar-refractivity contribution is 14.1. The van der Waals surface area contributed by atoms with E-state index in [0.29, 0.717) is 29.7 Å². The molecule has 37 heavy (non-hydrogen) atoms. The molecule has 0 unspecified atom stereocenters. The third-order valence-corrected chi connectivity index (χ3v) is 6.93. The van der Waals surface area contributed by atoms with Crippen LogP contribution < -0.4 is 20.5 Å². The Morgan fingerprint density at radius 2 is 1.43 bits per heavy atom. The summed E-state index contributed by atoms with van der Waals surface area (Å²) in [5.74, 6) is 2.62. The molecule has 0 bridgehead atoms. The summed E-state index contributed by atoms with van der Waals surface area (Å²) < 4.78 is 12.1. The Morgan fingerprint density at radius 1 is 0.838 bits per heavy atom. The van der Waals surface area contributed by atoms with E-state index in [4.69, 9.17) is 15.2 Å². The number of nitrogens with zero attached hydrogens (tertiary/aromatic N) is 4. The van der Waals surface area contributed by atoms with E-state index in [2.05, 4.69) is 76.5 Å². The lowest BCUT2D eigenvalue weighted by atomic mass is 10.3. The Morgan fingerprint density at radius 3 is 1.89 bits per heavy atom. The van der Waals surface area contributed by atoms with Crippen LogP contribution in [-0.4, -0.2) is 40.4 Å². The van der Waals surface area contributed by atoms with Crippen molar-refractivity contribution >= 4 is 63.1 Å². The molecule has 0 radical (unpaired) electrons. The maximum absolute atomic E-state index is 10.1. The van der Waals surface area contributed by atoms with E-state index < -0.39 is 0 Å². The number of pyridine rings is 4. The highest BCUT2D eigenvalue weighted by Crippen LogP contribution is 2.14. The van der Waals surface area contributed by atoms with E-state index in [1.54, 1.807) is 31.5 Å². The summed E-state index contributed by atoms with van der Waals surface area (Å²) in [6.07, 6.45) is 4.00. The molecule has 3 N–H and O–H groups in total. The third kappa shape index (κ3) is 10.8. The zero-order valence-corrected chi connectivity index (χ0v) is 25.2. The van der Waals surface area contributed by atoms with Gasteiger partial charge < -0.3 is 20.5 Å². The first-order valence-electron chi connectivity index (χ1n) is 11.0. The van der Waals surface area contributed by atoms with Crippen LogP contribution in [0.1, 0.15) is 27.3 Å². The number of aromatic nitrogens is 4. The number of nitrogens with two attached hydrogens (primary N) is 1. The zero-order valence-electron chi connectivity index (χ0n) is 20.9. The molecule has 0 atom stereocenters. The molecule has 4 aromatic heterocycles. The molecule has 0 saturated carbocycles. The van der Waals surface area contributed by atoms with Crippen LogP contribution in [0.15, 0.2) is 60.9 Å². The molecule has 0 aliphatic rings. The summed E-state index contributed by atoms with van der Waals surface area (Å²) in [6, 6.07) is 14.9. The Kier molecular flexibility index (Phi) is 13.0. The summed E-state index contributed by atoms with van der Waals surface area (Å²) >= 11 is 4.50. The molecule has 0 spiro atoms. The van der Waals surface area contributed by atoms with Gasteiger partial charge in [0.15, 0.2) is 6.29 Å². The van der Waals surface area contributed by atoms with Crippen molar-refractivity contribution in [2.24, 2.45) is 0 Å². The number of carbonyl (C=O) groups excluding carboxylic acids is 1. The van der Waals surface area contributed by atoms with E-state index in [1.165, 1.54) is 16.9 Å².